The Balaban J connectivity index is 1.75. The largest absolute Gasteiger partial charge is 0.305 e. The fraction of sp³-hybridized carbons (Fsp3) is 0.263. The zero-order valence-corrected chi connectivity index (χ0v) is 15.3. The van der Waals surface area contributed by atoms with Crippen molar-refractivity contribution in [3.05, 3.63) is 59.9 Å². The smallest absolute Gasteiger partial charge is 0.191 e. The molecule has 0 aliphatic heterocycles. The molecule has 0 N–H and O–H groups in total. The molecular formula is C19H20N4OS. The molecule has 0 spiro atoms. The van der Waals surface area contributed by atoms with Crippen LogP contribution in [-0.4, -0.2) is 30.8 Å². The summed E-state index contributed by atoms with van der Waals surface area (Å²) in [4.78, 5) is 16.8. The van der Waals surface area contributed by atoms with Gasteiger partial charge in [-0.25, -0.2) is 0 Å². The average molecular weight is 352 g/mol. The molecule has 128 valence electrons. The van der Waals surface area contributed by atoms with E-state index in [-0.39, 0.29) is 11.0 Å². The number of aromatic nitrogens is 4. The lowest BCUT2D eigenvalue weighted by Crippen LogP contribution is -2.14. The summed E-state index contributed by atoms with van der Waals surface area (Å²) in [5.41, 5.74) is 2.86. The molecule has 2 aromatic heterocycles. The first-order valence-corrected chi connectivity index (χ1v) is 9.07. The van der Waals surface area contributed by atoms with Crippen LogP contribution >= 0.6 is 11.8 Å². The molecule has 6 heteroatoms. The van der Waals surface area contributed by atoms with E-state index in [4.69, 9.17) is 0 Å². The highest BCUT2D eigenvalue weighted by atomic mass is 32.2. The van der Waals surface area contributed by atoms with Crippen molar-refractivity contribution in [3.8, 4) is 11.4 Å². The molecule has 25 heavy (non-hydrogen) atoms. The molecule has 0 aliphatic rings. The zero-order valence-electron chi connectivity index (χ0n) is 14.5. The van der Waals surface area contributed by atoms with Crippen molar-refractivity contribution in [2.24, 2.45) is 7.05 Å². The molecule has 5 nitrogen and oxygen atoms in total. The predicted molar refractivity (Wildman–Crippen MR) is 99.7 cm³/mol. The Morgan fingerprint density at radius 2 is 1.96 bits per heavy atom. The van der Waals surface area contributed by atoms with Gasteiger partial charge in [0.15, 0.2) is 16.8 Å². The molecule has 1 aromatic carbocycles. The Bertz CT molecular complexity index is 859. The van der Waals surface area contributed by atoms with E-state index in [2.05, 4.69) is 22.1 Å². The maximum absolute atomic E-state index is 12.6. The number of carbonyl (C=O) groups excluding carboxylic acids is 1. The second-order valence-corrected chi connectivity index (χ2v) is 7.09. The number of aryl methyl sites for hydroxylation is 1. The Morgan fingerprint density at radius 1 is 1.20 bits per heavy atom. The summed E-state index contributed by atoms with van der Waals surface area (Å²) in [7, 11) is 1.90. The summed E-state index contributed by atoms with van der Waals surface area (Å²) in [6.45, 7) is 4.00. The van der Waals surface area contributed by atoms with Gasteiger partial charge in [-0.2, -0.15) is 0 Å². The highest BCUT2D eigenvalue weighted by Gasteiger charge is 2.20. The van der Waals surface area contributed by atoms with Crippen molar-refractivity contribution in [2.45, 2.75) is 30.7 Å². The summed E-state index contributed by atoms with van der Waals surface area (Å²) in [6.07, 6.45) is 4.44. The first-order chi connectivity index (χ1) is 12.1. The van der Waals surface area contributed by atoms with Crippen molar-refractivity contribution < 1.29 is 4.79 Å². The van der Waals surface area contributed by atoms with Gasteiger partial charge in [0.05, 0.1) is 5.25 Å². The molecule has 1 atom stereocenters. The zero-order chi connectivity index (χ0) is 17.8. The number of thioether (sulfide) groups is 1. The highest BCUT2D eigenvalue weighted by molar-refractivity contribution is 8.00. The molecular weight excluding hydrogens is 332 g/mol. The standard InChI is InChI=1S/C19H20N4OS/c1-4-14-7-9-15(10-8-14)17(24)13(2)25-19-22-21-18(23(19)3)16-6-5-11-20-12-16/h5-13H,4H2,1-3H3/t13-/m0/s1. The van der Waals surface area contributed by atoms with Gasteiger partial charge < -0.3 is 4.57 Å². The summed E-state index contributed by atoms with van der Waals surface area (Å²) in [6, 6.07) is 11.6. The van der Waals surface area contributed by atoms with Gasteiger partial charge in [-0.15, -0.1) is 10.2 Å². The van der Waals surface area contributed by atoms with Crippen molar-refractivity contribution in [1.29, 1.82) is 0 Å². The van der Waals surface area contributed by atoms with Crippen LogP contribution < -0.4 is 0 Å². The van der Waals surface area contributed by atoms with E-state index in [1.165, 1.54) is 17.3 Å². The fourth-order valence-electron chi connectivity index (χ4n) is 2.51. The molecule has 0 aliphatic carbocycles. The van der Waals surface area contributed by atoms with E-state index in [9.17, 15) is 4.79 Å². The quantitative estimate of drug-likeness (QED) is 0.499. The van der Waals surface area contributed by atoms with Crippen LogP contribution in [0.2, 0.25) is 0 Å². The van der Waals surface area contributed by atoms with Gasteiger partial charge in [-0.05, 0) is 31.0 Å². The lowest BCUT2D eigenvalue weighted by atomic mass is 10.1. The Hall–Kier alpha value is -2.47. The SMILES string of the molecule is CCc1ccc(C(=O)[C@H](C)Sc2nnc(-c3cccnc3)n2C)cc1. The Kier molecular flexibility index (Phi) is 5.28. The van der Waals surface area contributed by atoms with Gasteiger partial charge in [-0.3, -0.25) is 9.78 Å². The highest BCUT2D eigenvalue weighted by Crippen LogP contribution is 2.27. The van der Waals surface area contributed by atoms with E-state index >= 15 is 0 Å². The number of rotatable bonds is 6. The fourth-order valence-corrected chi connectivity index (χ4v) is 3.41. The van der Waals surface area contributed by atoms with Gasteiger partial charge in [0.25, 0.3) is 0 Å². The summed E-state index contributed by atoms with van der Waals surface area (Å²) < 4.78 is 1.89. The van der Waals surface area contributed by atoms with Gasteiger partial charge >= 0.3 is 0 Å². The first kappa shape index (κ1) is 17.4. The van der Waals surface area contributed by atoms with E-state index in [1.807, 2.05) is 54.9 Å². The molecule has 3 aromatic rings. The maximum Gasteiger partial charge on any atom is 0.191 e. The van der Waals surface area contributed by atoms with Gasteiger partial charge in [0, 0.05) is 30.6 Å². The summed E-state index contributed by atoms with van der Waals surface area (Å²) >= 11 is 1.42. The van der Waals surface area contributed by atoms with Crippen molar-refractivity contribution in [3.63, 3.8) is 0 Å². The summed E-state index contributed by atoms with van der Waals surface area (Å²) in [5, 5.41) is 8.94. The topological polar surface area (TPSA) is 60.7 Å². The van der Waals surface area contributed by atoms with Crippen LogP contribution in [0.1, 0.15) is 29.8 Å². The molecule has 2 heterocycles. The van der Waals surface area contributed by atoms with Gasteiger partial charge in [-0.1, -0.05) is 43.0 Å². The van der Waals surface area contributed by atoms with E-state index in [0.717, 1.165) is 23.4 Å². The molecule has 3 rings (SSSR count). The van der Waals surface area contributed by atoms with Crippen LogP contribution in [0, 0.1) is 0 Å². The van der Waals surface area contributed by atoms with Gasteiger partial charge in [0.2, 0.25) is 0 Å². The Morgan fingerprint density at radius 3 is 2.60 bits per heavy atom. The number of ketones is 1. The molecule has 0 unspecified atom stereocenters. The normalized spacial score (nSPS) is 12.1. The van der Waals surface area contributed by atoms with Crippen LogP contribution in [0.3, 0.4) is 0 Å². The minimum atomic E-state index is -0.239. The number of hydrogen-bond donors (Lipinski definition) is 0. The van der Waals surface area contributed by atoms with Crippen molar-refractivity contribution in [2.75, 3.05) is 0 Å². The van der Waals surface area contributed by atoms with Crippen molar-refractivity contribution >= 4 is 17.5 Å². The lowest BCUT2D eigenvalue weighted by molar-refractivity contribution is 0.0994. The van der Waals surface area contributed by atoms with E-state index in [1.54, 1.807) is 12.4 Å². The van der Waals surface area contributed by atoms with Crippen LogP contribution in [0.5, 0.6) is 0 Å². The number of hydrogen-bond acceptors (Lipinski definition) is 5. The molecule has 0 saturated carbocycles. The van der Waals surface area contributed by atoms with Crippen molar-refractivity contribution in [1.82, 2.24) is 19.7 Å². The second-order valence-electron chi connectivity index (χ2n) is 5.78. The Labute approximate surface area is 151 Å². The molecule has 0 saturated heterocycles. The third kappa shape index (κ3) is 3.79. The molecule has 0 fully saturated rings. The average Bonchev–Trinajstić information content (AvgIpc) is 3.02. The number of benzene rings is 1. The van der Waals surface area contributed by atoms with Crippen LogP contribution in [0.25, 0.3) is 11.4 Å². The van der Waals surface area contributed by atoms with Crippen LogP contribution in [0.4, 0.5) is 0 Å². The maximum atomic E-state index is 12.6. The second kappa shape index (κ2) is 7.61. The minimum absolute atomic E-state index is 0.0959. The lowest BCUT2D eigenvalue weighted by Gasteiger charge is -2.10. The monoisotopic (exact) mass is 352 g/mol. The summed E-state index contributed by atoms with van der Waals surface area (Å²) in [5.74, 6) is 0.834. The first-order valence-electron chi connectivity index (χ1n) is 8.19. The van der Waals surface area contributed by atoms with Gasteiger partial charge in [0.1, 0.15) is 0 Å². The molecule has 0 radical (unpaired) electrons. The van der Waals surface area contributed by atoms with E-state index in [0.29, 0.717) is 5.16 Å². The predicted octanol–water partition coefficient (Wildman–Crippen LogP) is 3.80. The number of nitrogens with zero attached hydrogens (tertiary/aromatic N) is 4. The number of Topliss-reactive ketones (excluding diaryl/α,β-unsaturated/α-hetero) is 1. The van der Waals surface area contributed by atoms with Crippen LogP contribution in [0.15, 0.2) is 53.9 Å². The third-order valence-corrected chi connectivity index (χ3v) is 5.19. The minimum Gasteiger partial charge on any atom is -0.305 e. The van der Waals surface area contributed by atoms with E-state index < -0.39 is 0 Å². The number of pyridine rings is 1. The molecule has 0 amide bonds. The number of carbonyl (C=O) groups is 1. The van der Waals surface area contributed by atoms with Crippen LogP contribution in [-0.2, 0) is 13.5 Å². The third-order valence-electron chi connectivity index (χ3n) is 4.05. The molecule has 0 bridgehead atoms.